The third kappa shape index (κ3) is 4.78. The molecule has 0 N–H and O–H groups in total. The summed E-state index contributed by atoms with van der Waals surface area (Å²) in [5, 5.41) is 0. The van der Waals surface area contributed by atoms with E-state index in [-0.39, 0.29) is 23.2 Å². The van der Waals surface area contributed by atoms with Crippen LogP contribution in [0.25, 0.3) is 0 Å². The van der Waals surface area contributed by atoms with Gasteiger partial charge in [0.05, 0.1) is 0 Å². The Kier molecular flexibility index (Phi) is 6.11. The molecule has 15 heavy (non-hydrogen) atoms. The van der Waals surface area contributed by atoms with Gasteiger partial charge in [0.1, 0.15) is 6.10 Å². The molecule has 0 radical (unpaired) electrons. The van der Waals surface area contributed by atoms with Gasteiger partial charge in [-0.25, -0.2) is 0 Å². The lowest BCUT2D eigenvalue weighted by atomic mass is 9.82. The maximum absolute atomic E-state index is 12.1. The molecule has 2 unspecified atom stereocenters. The van der Waals surface area contributed by atoms with Gasteiger partial charge >= 0.3 is 0 Å². The van der Waals surface area contributed by atoms with Crippen molar-refractivity contribution in [3.63, 3.8) is 0 Å². The Morgan fingerprint density at radius 1 is 1.27 bits per heavy atom. The van der Waals surface area contributed by atoms with E-state index < -0.39 is 0 Å². The molecule has 0 aliphatic carbocycles. The monoisotopic (exact) mass is 214 g/mol. The number of rotatable bonds is 6. The largest absolute Gasteiger partial charge is 0.370 e. The second-order valence-electron chi connectivity index (χ2n) is 5.29. The highest BCUT2D eigenvalue weighted by atomic mass is 16.5. The van der Waals surface area contributed by atoms with Crippen molar-refractivity contribution in [3.8, 4) is 0 Å². The lowest BCUT2D eigenvalue weighted by Gasteiger charge is -2.31. The molecule has 0 aliphatic rings. The maximum atomic E-state index is 12.1. The molecule has 2 nitrogen and oxygen atoms in total. The summed E-state index contributed by atoms with van der Waals surface area (Å²) < 4.78 is 5.59. The van der Waals surface area contributed by atoms with E-state index in [2.05, 4.69) is 27.7 Å². The summed E-state index contributed by atoms with van der Waals surface area (Å²) in [5.74, 6) is 0.372. The third-order valence-corrected chi connectivity index (χ3v) is 2.59. The maximum Gasteiger partial charge on any atom is 0.164 e. The first-order valence-electron chi connectivity index (χ1n) is 5.99. The molecule has 0 fully saturated rings. The van der Waals surface area contributed by atoms with Gasteiger partial charge in [0.15, 0.2) is 5.78 Å². The van der Waals surface area contributed by atoms with Crippen LogP contribution in [0.5, 0.6) is 0 Å². The predicted molar refractivity (Wildman–Crippen MR) is 63.9 cm³/mol. The number of Topliss-reactive ketones (excluding diaryl/α,β-unsaturated/α-hetero) is 1. The van der Waals surface area contributed by atoms with E-state index >= 15 is 0 Å². The number of hydrogen-bond donors (Lipinski definition) is 0. The Balaban J connectivity index is 4.55. The molecule has 0 bridgehead atoms. The van der Waals surface area contributed by atoms with Crippen LogP contribution in [0.2, 0.25) is 0 Å². The molecule has 2 heteroatoms. The summed E-state index contributed by atoms with van der Waals surface area (Å²) in [6.07, 6.45) is 1.75. The average molecular weight is 214 g/mol. The highest BCUT2D eigenvalue weighted by Crippen LogP contribution is 2.26. The summed E-state index contributed by atoms with van der Waals surface area (Å²) in [4.78, 5) is 12.1. The summed E-state index contributed by atoms with van der Waals surface area (Å²) in [5.41, 5.74) is -0.102. The molecule has 0 aromatic rings. The lowest BCUT2D eigenvalue weighted by molar-refractivity contribution is -0.141. The smallest absolute Gasteiger partial charge is 0.164 e. The second-order valence-corrected chi connectivity index (χ2v) is 5.29. The standard InChI is InChI=1S/C13H26O2/c1-7-9-10(3)11(14)12(15-8-2)13(4,5)6/h10,12H,7-9H2,1-6H3. The molecular formula is C13H26O2. The molecule has 0 aromatic heterocycles. The van der Waals surface area contributed by atoms with E-state index in [0.29, 0.717) is 6.61 Å². The first kappa shape index (κ1) is 14.6. The summed E-state index contributed by atoms with van der Waals surface area (Å²) in [6.45, 7) is 12.8. The van der Waals surface area contributed by atoms with Crippen LogP contribution < -0.4 is 0 Å². The first-order valence-corrected chi connectivity index (χ1v) is 5.99. The van der Waals surface area contributed by atoms with Gasteiger partial charge in [-0.2, -0.15) is 0 Å². The van der Waals surface area contributed by atoms with E-state index in [0.717, 1.165) is 12.8 Å². The van der Waals surface area contributed by atoms with Gasteiger partial charge in [-0.15, -0.1) is 0 Å². The van der Waals surface area contributed by atoms with Gasteiger partial charge < -0.3 is 4.74 Å². The summed E-state index contributed by atoms with van der Waals surface area (Å²) >= 11 is 0. The van der Waals surface area contributed by atoms with Crippen molar-refractivity contribution in [3.05, 3.63) is 0 Å². The van der Waals surface area contributed by atoms with Crippen molar-refractivity contribution in [2.24, 2.45) is 11.3 Å². The Bertz CT molecular complexity index is 191. The van der Waals surface area contributed by atoms with Crippen LogP contribution in [0.3, 0.4) is 0 Å². The molecule has 90 valence electrons. The van der Waals surface area contributed by atoms with E-state index in [1.54, 1.807) is 0 Å². The van der Waals surface area contributed by atoms with Crippen LogP contribution in [-0.2, 0) is 9.53 Å². The number of carbonyl (C=O) groups is 1. The summed E-state index contributed by atoms with van der Waals surface area (Å²) in [7, 11) is 0. The molecule has 0 aromatic carbocycles. The Hall–Kier alpha value is -0.370. The van der Waals surface area contributed by atoms with E-state index in [1.165, 1.54) is 0 Å². The molecule has 0 rings (SSSR count). The Morgan fingerprint density at radius 2 is 1.80 bits per heavy atom. The van der Waals surface area contributed by atoms with Crippen LogP contribution in [0.15, 0.2) is 0 Å². The lowest BCUT2D eigenvalue weighted by Crippen LogP contribution is -2.40. The topological polar surface area (TPSA) is 26.3 Å². The van der Waals surface area contributed by atoms with Crippen molar-refractivity contribution >= 4 is 5.78 Å². The molecule has 0 amide bonds. The predicted octanol–water partition coefficient (Wildman–Crippen LogP) is 3.44. The van der Waals surface area contributed by atoms with Gasteiger partial charge in [0.2, 0.25) is 0 Å². The Labute approximate surface area is 94.4 Å². The normalized spacial score (nSPS) is 16.1. The van der Waals surface area contributed by atoms with Crippen molar-refractivity contribution in [2.75, 3.05) is 6.61 Å². The number of carbonyl (C=O) groups excluding carboxylic acids is 1. The van der Waals surface area contributed by atoms with Crippen LogP contribution >= 0.6 is 0 Å². The number of hydrogen-bond acceptors (Lipinski definition) is 2. The second kappa shape index (κ2) is 6.26. The quantitative estimate of drug-likeness (QED) is 0.677. The van der Waals surface area contributed by atoms with Crippen LogP contribution in [0.1, 0.15) is 54.4 Å². The average Bonchev–Trinajstić information content (AvgIpc) is 2.11. The van der Waals surface area contributed by atoms with Crippen molar-refractivity contribution in [1.29, 1.82) is 0 Å². The van der Waals surface area contributed by atoms with Gasteiger partial charge in [-0.05, 0) is 18.8 Å². The first-order chi connectivity index (χ1) is 6.84. The van der Waals surface area contributed by atoms with Crippen molar-refractivity contribution < 1.29 is 9.53 Å². The van der Waals surface area contributed by atoms with Crippen LogP contribution in [0, 0.1) is 11.3 Å². The van der Waals surface area contributed by atoms with Gasteiger partial charge in [-0.1, -0.05) is 41.0 Å². The van der Waals surface area contributed by atoms with E-state index in [1.807, 2.05) is 13.8 Å². The highest BCUT2D eigenvalue weighted by molar-refractivity contribution is 5.85. The minimum Gasteiger partial charge on any atom is -0.370 e. The van der Waals surface area contributed by atoms with Crippen molar-refractivity contribution in [2.45, 2.75) is 60.5 Å². The van der Waals surface area contributed by atoms with Gasteiger partial charge in [0.25, 0.3) is 0 Å². The fourth-order valence-corrected chi connectivity index (χ4v) is 1.76. The SMILES string of the molecule is CCCC(C)C(=O)C(OCC)C(C)(C)C. The molecule has 0 saturated heterocycles. The zero-order chi connectivity index (χ0) is 12.1. The zero-order valence-corrected chi connectivity index (χ0v) is 11.1. The number of ketones is 1. The fraction of sp³-hybridized carbons (Fsp3) is 0.923. The third-order valence-electron chi connectivity index (χ3n) is 2.59. The zero-order valence-electron chi connectivity index (χ0n) is 11.1. The number of ether oxygens (including phenoxy) is 1. The molecule has 0 heterocycles. The van der Waals surface area contributed by atoms with Crippen LogP contribution in [0.4, 0.5) is 0 Å². The van der Waals surface area contributed by atoms with Crippen molar-refractivity contribution in [1.82, 2.24) is 0 Å². The van der Waals surface area contributed by atoms with E-state index in [9.17, 15) is 4.79 Å². The molecule has 0 aliphatic heterocycles. The fourth-order valence-electron chi connectivity index (χ4n) is 1.76. The molecular weight excluding hydrogens is 188 g/mol. The summed E-state index contributed by atoms with van der Waals surface area (Å²) in [6, 6.07) is 0. The molecule has 0 spiro atoms. The van der Waals surface area contributed by atoms with Gasteiger partial charge in [0, 0.05) is 12.5 Å². The highest BCUT2D eigenvalue weighted by Gasteiger charge is 2.33. The molecule has 0 saturated carbocycles. The minimum absolute atomic E-state index is 0.102. The van der Waals surface area contributed by atoms with Crippen LogP contribution in [-0.4, -0.2) is 18.5 Å². The minimum atomic E-state index is -0.260. The Morgan fingerprint density at radius 3 is 2.13 bits per heavy atom. The van der Waals surface area contributed by atoms with Gasteiger partial charge in [-0.3, -0.25) is 4.79 Å². The van der Waals surface area contributed by atoms with E-state index in [4.69, 9.17) is 4.74 Å². The molecule has 2 atom stereocenters.